The van der Waals surface area contributed by atoms with Crippen LogP contribution in [0.1, 0.15) is 28.6 Å². The molecule has 6 rings (SSSR count). The van der Waals surface area contributed by atoms with Gasteiger partial charge in [0.15, 0.2) is 0 Å². The molecule has 190 valence electrons. The molecule has 2 amide bonds. The van der Waals surface area contributed by atoms with E-state index in [0.717, 1.165) is 39.8 Å². The molecule has 0 radical (unpaired) electrons. The zero-order valence-corrected chi connectivity index (χ0v) is 21.8. The molecule has 38 heavy (non-hydrogen) atoms. The predicted molar refractivity (Wildman–Crippen MR) is 148 cm³/mol. The average molecular weight is 524 g/mol. The molecule has 1 atom stereocenters. The molecule has 0 spiro atoms. The first-order chi connectivity index (χ1) is 18.5. The number of carbonyl (C=O) groups is 1. The molecule has 7 nitrogen and oxygen atoms in total. The Balaban J connectivity index is 1.50. The van der Waals surface area contributed by atoms with Gasteiger partial charge in [-0.3, -0.25) is 0 Å². The first-order valence-corrected chi connectivity index (χ1v) is 12.7. The van der Waals surface area contributed by atoms with Gasteiger partial charge in [-0.1, -0.05) is 41.9 Å². The Labute approximate surface area is 225 Å². The van der Waals surface area contributed by atoms with Gasteiger partial charge in [0.05, 0.1) is 36.8 Å². The highest BCUT2D eigenvalue weighted by molar-refractivity contribution is 6.30. The number of rotatable bonds is 4. The summed E-state index contributed by atoms with van der Waals surface area (Å²) in [4.78, 5) is 15.8. The third kappa shape index (κ3) is 4.21. The predicted octanol–water partition coefficient (Wildman–Crippen LogP) is 6.77. The number of benzene rings is 3. The number of amides is 2. The second kappa shape index (κ2) is 9.76. The first-order valence-electron chi connectivity index (χ1n) is 12.3. The molecule has 0 saturated carbocycles. The maximum atomic E-state index is 14.0. The van der Waals surface area contributed by atoms with E-state index < -0.39 is 0 Å². The van der Waals surface area contributed by atoms with Gasteiger partial charge in [0.25, 0.3) is 0 Å². The summed E-state index contributed by atoms with van der Waals surface area (Å²) in [5.74, 6) is 1.65. The van der Waals surface area contributed by atoms with Gasteiger partial charge in [0.1, 0.15) is 11.6 Å². The van der Waals surface area contributed by atoms with E-state index in [0.29, 0.717) is 17.3 Å². The number of nitrogens with zero attached hydrogens (tertiary/aromatic N) is 4. The highest BCUT2D eigenvalue weighted by Gasteiger charge is 2.36. The van der Waals surface area contributed by atoms with Crippen molar-refractivity contribution in [3.05, 3.63) is 125 Å². The van der Waals surface area contributed by atoms with E-state index in [9.17, 15) is 4.79 Å². The fourth-order valence-electron chi connectivity index (χ4n) is 5.01. The van der Waals surface area contributed by atoms with E-state index in [1.807, 2.05) is 108 Å². The van der Waals surface area contributed by atoms with Crippen LogP contribution in [0.5, 0.6) is 5.75 Å². The van der Waals surface area contributed by atoms with Gasteiger partial charge >= 0.3 is 6.03 Å². The van der Waals surface area contributed by atoms with E-state index in [2.05, 4.69) is 16.0 Å². The fourth-order valence-corrected chi connectivity index (χ4v) is 5.14. The molecule has 0 saturated heterocycles. The molecule has 8 heteroatoms. The van der Waals surface area contributed by atoms with Crippen LogP contribution in [0.3, 0.4) is 0 Å². The molecule has 5 aromatic rings. The van der Waals surface area contributed by atoms with Crippen LogP contribution in [0.4, 0.5) is 10.5 Å². The Kier molecular flexibility index (Phi) is 6.13. The Morgan fingerprint density at radius 2 is 1.71 bits per heavy atom. The zero-order valence-electron chi connectivity index (χ0n) is 21.0. The van der Waals surface area contributed by atoms with Crippen molar-refractivity contribution >= 4 is 23.3 Å². The highest BCUT2D eigenvalue weighted by atomic mass is 35.5. The molecule has 1 N–H and O–H groups in total. The highest BCUT2D eigenvalue weighted by Crippen LogP contribution is 2.39. The van der Waals surface area contributed by atoms with Crippen LogP contribution >= 0.6 is 11.6 Å². The Hall–Kier alpha value is -4.49. The largest absolute Gasteiger partial charge is 0.497 e. The van der Waals surface area contributed by atoms with Gasteiger partial charge in [-0.15, -0.1) is 0 Å². The summed E-state index contributed by atoms with van der Waals surface area (Å²) >= 11 is 6.24. The third-order valence-corrected chi connectivity index (χ3v) is 7.13. The van der Waals surface area contributed by atoms with Crippen LogP contribution in [-0.2, 0) is 6.54 Å². The molecule has 1 aliphatic rings. The second-order valence-corrected chi connectivity index (χ2v) is 9.62. The van der Waals surface area contributed by atoms with E-state index in [1.165, 1.54) is 0 Å². The summed E-state index contributed by atoms with van der Waals surface area (Å²) in [5, 5.41) is 8.62. The minimum Gasteiger partial charge on any atom is -0.497 e. The van der Waals surface area contributed by atoms with E-state index in [1.54, 1.807) is 7.11 Å². The minimum absolute atomic E-state index is 0.220. The number of hydrogen-bond acceptors (Lipinski definition) is 3. The number of para-hydroxylation sites is 1. The summed E-state index contributed by atoms with van der Waals surface area (Å²) in [7, 11) is 1.62. The Morgan fingerprint density at radius 3 is 2.42 bits per heavy atom. The van der Waals surface area contributed by atoms with Crippen molar-refractivity contribution in [2.24, 2.45) is 0 Å². The number of urea groups is 1. The van der Waals surface area contributed by atoms with Gasteiger partial charge in [-0.05, 0) is 73.2 Å². The molecule has 3 aromatic carbocycles. The fraction of sp³-hybridized carbons (Fsp3) is 0.133. The molecule has 1 aliphatic heterocycles. The summed E-state index contributed by atoms with van der Waals surface area (Å²) in [6, 6.07) is 28.5. The van der Waals surface area contributed by atoms with Crippen molar-refractivity contribution in [2.45, 2.75) is 19.5 Å². The smallest absolute Gasteiger partial charge is 0.322 e. The first kappa shape index (κ1) is 23.9. The number of aryl methyl sites for hydroxylation is 1. The molecule has 2 aromatic heterocycles. The zero-order chi connectivity index (χ0) is 26.2. The molecule has 0 unspecified atom stereocenters. The summed E-state index contributed by atoms with van der Waals surface area (Å²) in [5.41, 5.74) is 5.39. The lowest BCUT2D eigenvalue weighted by atomic mass is 10.0. The van der Waals surface area contributed by atoms with Crippen molar-refractivity contribution in [2.75, 3.05) is 12.4 Å². The Morgan fingerprint density at radius 1 is 0.974 bits per heavy atom. The number of fused-ring (bicyclic) bond motifs is 3. The minimum atomic E-state index is -0.364. The lowest BCUT2D eigenvalue weighted by molar-refractivity contribution is 0.194. The number of hydrogen-bond donors (Lipinski definition) is 1. The standard InChI is InChI=1S/C30H26ClN5O2/c1-20-26-19-35(30(37)32-23-14-16-25(38-2)17-15-23)28(21-10-12-22(31)13-11-21)27-9-6-18-34(27)29(26)36(33-20)24-7-4-3-5-8-24/h3-18,28H,19H2,1-2H3,(H,32,37)/t28-/m0/s1. The number of aromatic nitrogens is 3. The topological polar surface area (TPSA) is 64.3 Å². The van der Waals surface area contributed by atoms with Gasteiger partial charge in [-0.2, -0.15) is 5.10 Å². The monoisotopic (exact) mass is 523 g/mol. The van der Waals surface area contributed by atoms with Crippen molar-refractivity contribution in [1.82, 2.24) is 19.2 Å². The van der Waals surface area contributed by atoms with Gasteiger partial charge in [-0.25, -0.2) is 9.48 Å². The summed E-state index contributed by atoms with van der Waals surface area (Å²) < 4.78 is 9.36. The number of ether oxygens (including phenoxy) is 1. The number of nitrogens with one attached hydrogen (secondary N) is 1. The molecule has 3 heterocycles. The molecule has 0 fully saturated rings. The van der Waals surface area contributed by atoms with Crippen LogP contribution < -0.4 is 10.1 Å². The van der Waals surface area contributed by atoms with Crippen molar-refractivity contribution in [3.63, 3.8) is 0 Å². The molecule has 0 aliphatic carbocycles. The van der Waals surface area contributed by atoms with Crippen LogP contribution in [0, 0.1) is 6.92 Å². The average Bonchev–Trinajstić information content (AvgIpc) is 3.50. The van der Waals surface area contributed by atoms with E-state index >= 15 is 0 Å². The number of halogens is 1. The molecule has 0 bridgehead atoms. The summed E-state index contributed by atoms with van der Waals surface area (Å²) in [6.45, 7) is 2.36. The van der Waals surface area contributed by atoms with Crippen molar-refractivity contribution < 1.29 is 9.53 Å². The Bertz CT molecular complexity index is 1590. The summed E-state index contributed by atoms with van der Waals surface area (Å²) in [6.07, 6.45) is 2.03. The number of carbonyl (C=O) groups excluding carboxylic acids is 1. The maximum absolute atomic E-state index is 14.0. The van der Waals surface area contributed by atoms with Gasteiger partial charge in [0, 0.05) is 22.5 Å². The van der Waals surface area contributed by atoms with E-state index in [-0.39, 0.29) is 12.1 Å². The molecular formula is C30H26ClN5O2. The van der Waals surface area contributed by atoms with Crippen LogP contribution in [0.2, 0.25) is 5.02 Å². The SMILES string of the molecule is COc1ccc(NC(=O)N2Cc3c(C)nn(-c4ccccc4)c3-n3cccc3[C@@H]2c2ccc(Cl)cc2)cc1. The molecular weight excluding hydrogens is 498 g/mol. The number of anilines is 1. The van der Waals surface area contributed by atoms with Crippen LogP contribution in [-0.4, -0.2) is 32.4 Å². The van der Waals surface area contributed by atoms with Crippen molar-refractivity contribution in [1.29, 1.82) is 0 Å². The van der Waals surface area contributed by atoms with Crippen LogP contribution in [0.15, 0.2) is 97.2 Å². The maximum Gasteiger partial charge on any atom is 0.322 e. The lowest BCUT2D eigenvalue weighted by Gasteiger charge is -2.31. The van der Waals surface area contributed by atoms with E-state index in [4.69, 9.17) is 21.4 Å². The van der Waals surface area contributed by atoms with Crippen molar-refractivity contribution in [3.8, 4) is 17.3 Å². The normalized spacial score (nSPS) is 14.4. The third-order valence-electron chi connectivity index (χ3n) is 6.87. The second-order valence-electron chi connectivity index (χ2n) is 9.18. The van der Waals surface area contributed by atoms with Gasteiger partial charge < -0.3 is 19.5 Å². The quantitative estimate of drug-likeness (QED) is 0.283. The number of methoxy groups -OCH3 is 1. The van der Waals surface area contributed by atoms with Gasteiger partial charge in [0.2, 0.25) is 0 Å². The lowest BCUT2D eigenvalue weighted by Crippen LogP contribution is -2.38. The van der Waals surface area contributed by atoms with Crippen LogP contribution in [0.25, 0.3) is 11.5 Å².